The van der Waals surface area contributed by atoms with E-state index < -0.39 is 0 Å². The number of amides is 1. The molecule has 4 rings (SSSR count). The summed E-state index contributed by atoms with van der Waals surface area (Å²) >= 11 is 0. The van der Waals surface area contributed by atoms with Gasteiger partial charge in [-0.05, 0) is 49.1 Å². The summed E-state index contributed by atoms with van der Waals surface area (Å²) in [6.07, 6.45) is 2.91. The summed E-state index contributed by atoms with van der Waals surface area (Å²) in [7, 11) is 1.65. The van der Waals surface area contributed by atoms with E-state index in [2.05, 4.69) is 15.4 Å². The predicted octanol–water partition coefficient (Wildman–Crippen LogP) is 3.49. The Balaban J connectivity index is 1.24. The van der Waals surface area contributed by atoms with Crippen molar-refractivity contribution in [2.45, 2.75) is 31.8 Å². The Morgan fingerprint density at radius 3 is 2.60 bits per heavy atom. The molecule has 1 fully saturated rings. The first-order valence-corrected chi connectivity index (χ1v) is 10.3. The highest BCUT2D eigenvalue weighted by Gasteiger charge is 2.31. The minimum atomic E-state index is -0.248. The fraction of sp³-hybridized carbons (Fsp3) is 0.348. The molecule has 0 spiro atoms. The van der Waals surface area contributed by atoms with E-state index in [1.807, 2.05) is 54.6 Å². The highest BCUT2D eigenvalue weighted by atomic mass is 16.5. The third-order valence-electron chi connectivity index (χ3n) is 4.96. The quantitative estimate of drug-likeness (QED) is 0.522. The second-order valence-corrected chi connectivity index (χ2v) is 7.33. The lowest BCUT2D eigenvalue weighted by Gasteiger charge is -2.06. The van der Waals surface area contributed by atoms with Crippen LogP contribution in [0.4, 0.5) is 0 Å². The molecule has 156 valence electrons. The molecule has 0 radical (unpaired) electrons. The van der Waals surface area contributed by atoms with Gasteiger partial charge >= 0.3 is 0 Å². The third kappa shape index (κ3) is 5.04. The molecule has 1 aliphatic rings. The number of hydrogen-bond donors (Lipinski definition) is 1. The van der Waals surface area contributed by atoms with Crippen LogP contribution >= 0.6 is 0 Å². The highest BCUT2D eigenvalue weighted by molar-refractivity contribution is 5.90. The number of aromatic nitrogens is 3. The minimum Gasteiger partial charge on any atom is -0.497 e. The lowest BCUT2D eigenvalue weighted by atomic mass is 10.2. The molecule has 0 saturated heterocycles. The van der Waals surface area contributed by atoms with Crippen LogP contribution in [0.25, 0.3) is 5.69 Å². The van der Waals surface area contributed by atoms with Crippen molar-refractivity contribution in [2.24, 2.45) is 0 Å². The summed E-state index contributed by atoms with van der Waals surface area (Å²) in [5.41, 5.74) is 2.01. The molecule has 1 aliphatic carbocycles. The number of ether oxygens (including phenoxy) is 2. The number of carbonyl (C=O) groups is 1. The lowest BCUT2D eigenvalue weighted by Crippen LogP contribution is -2.26. The van der Waals surface area contributed by atoms with Crippen LogP contribution in [-0.4, -0.2) is 40.9 Å². The normalized spacial score (nSPS) is 13.2. The van der Waals surface area contributed by atoms with Gasteiger partial charge < -0.3 is 14.8 Å². The van der Waals surface area contributed by atoms with E-state index in [1.54, 1.807) is 11.8 Å². The molecular formula is C23H26N4O3. The van der Waals surface area contributed by atoms with Gasteiger partial charge in [0.2, 0.25) is 5.82 Å². The van der Waals surface area contributed by atoms with Crippen molar-refractivity contribution in [1.29, 1.82) is 0 Å². The van der Waals surface area contributed by atoms with Gasteiger partial charge in [0.1, 0.15) is 11.6 Å². The maximum atomic E-state index is 12.5. The van der Waals surface area contributed by atoms with Gasteiger partial charge in [0.15, 0.2) is 0 Å². The van der Waals surface area contributed by atoms with Gasteiger partial charge in [0, 0.05) is 19.1 Å². The van der Waals surface area contributed by atoms with E-state index in [1.165, 1.54) is 0 Å². The molecule has 3 aromatic rings. The Morgan fingerprint density at radius 2 is 1.90 bits per heavy atom. The van der Waals surface area contributed by atoms with Gasteiger partial charge in [-0.2, -0.15) is 0 Å². The Bertz CT molecular complexity index is 966. The molecule has 1 amide bonds. The summed E-state index contributed by atoms with van der Waals surface area (Å²) in [5, 5.41) is 7.35. The van der Waals surface area contributed by atoms with Crippen molar-refractivity contribution in [3.63, 3.8) is 0 Å². The molecule has 0 atom stereocenters. The van der Waals surface area contributed by atoms with E-state index in [-0.39, 0.29) is 11.7 Å². The van der Waals surface area contributed by atoms with Crippen LogP contribution in [0.1, 0.15) is 47.2 Å². The maximum absolute atomic E-state index is 12.5. The Labute approximate surface area is 176 Å². The molecule has 1 saturated carbocycles. The number of benzene rings is 2. The fourth-order valence-corrected chi connectivity index (χ4v) is 3.15. The number of methoxy groups -OCH3 is 1. The molecule has 30 heavy (non-hydrogen) atoms. The second kappa shape index (κ2) is 9.54. The number of hydrogen-bond acceptors (Lipinski definition) is 5. The molecule has 0 unspecified atom stereocenters. The molecule has 1 heterocycles. The SMILES string of the molecule is COc1ccc(COCCCNC(=O)c2nc(C3CC3)n(-c3ccccc3)n2)cc1. The zero-order valence-electron chi connectivity index (χ0n) is 17.1. The van der Waals surface area contributed by atoms with Crippen molar-refractivity contribution >= 4 is 5.91 Å². The van der Waals surface area contributed by atoms with E-state index in [0.717, 1.165) is 42.1 Å². The van der Waals surface area contributed by atoms with Crippen LogP contribution in [0.15, 0.2) is 54.6 Å². The Kier molecular flexibility index (Phi) is 6.39. The van der Waals surface area contributed by atoms with Gasteiger partial charge in [-0.25, -0.2) is 9.67 Å². The number of nitrogens with zero attached hydrogens (tertiary/aromatic N) is 3. The van der Waals surface area contributed by atoms with Crippen LogP contribution in [0.5, 0.6) is 5.75 Å². The van der Waals surface area contributed by atoms with Crippen molar-refractivity contribution < 1.29 is 14.3 Å². The van der Waals surface area contributed by atoms with Crippen LogP contribution in [0.3, 0.4) is 0 Å². The molecular weight excluding hydrogens is 380 g/mol. The topological polar surface area (TPSA) is 78.3 Å². The molecule has 1 aromatic heterocycles. The standard InChI is InChI=1S/C23H26N4O3/c1-29-20-12-8-17(9-13-20)16-30-15-5-14-24-23(28)21-25-22(18-10-11-18)27(26-21)19-6-3-2-4-7-19/h2-4,6-9,12-13,18H,5,10-11,14-16H2,1H3,(H,24,28). The van der Waals surface area contributed by atoms with Gasteiger partial charge in [0.25, 0.3) is 5.91 Å². The average Bonchev–Trinajstić information content (AvgIpc) is 3.54. The van der Waals surface area contributed by atoms with Crippen LogP contribution < -0.4 is 10.1 Å². The summed E-state index contributed by atoms with van der Waals surface area (Å²) in [6, 6.07) is 17.6. The predicted molar refractivity (Wildman–Crippen MR) is 113 cm³/mol. The summed E-state index contributed by atoms with van der Waals surface area (Å²) in [4.78, 5) is 17.0. The first kappa shape index (κ1) is 20.1. The number of rotatable bonds is 10. The molecule has 7 heteroatoms. The maximum Gasteiger partial charge on any atom is 0.290 e. The van der Waals surface area contributed by atoms with Crippen molar-refractivity contribution in [1.82, 2.24) is 20.1 Å². The minimum absolute atomic E-state index is 0.222. The molecule has 7 nitrogen and oxygen atoms in total. The monoisotopic (exact) mass is 406 g/mol. The largest absolute Gasteiger partial charge is 0.497 e. The van der Waals surface area contributed by atoms with Gasteiger partial charge in [-0.15, -0.1) is 5.10 Å². The summed E-state index contributed by atoms with van der Waals surface area (Å²) in [5.74, 6) is 2.07. The Hall–Kier alpha value is -3.19. The van der Waals surface area contributed by atoms with Gasteiger partial charge in [0.05, 0.1) is 19.4 Å². The van der Waals surface area contributed by atoms with E-state index in [4.69, 9.17) is 9.47 Å². The van der Waals surface area contributed by atoms with Crippen molar-refractivity contribution in [3.05, 3.63) is 71.8 Å². The zero-order valence-corrected chi connectivity index (χ0v) is 17.1. The van der Waals surface area contributed by atoms with Crippen LogP contribution in [0, 0.1) is 0 Å². The molecule has 0 aliphatic heterocycles. The van der Waals surface area contributed by atoms with Crippen molar-refractivity contribution in [3.8, 4) is 11.4 Å². The van der Waals surface area contributed by atoms with E-state index in [9.17, 15) is 4.79 Å². The first-order chi connectivity index (χ1) is 14.7. The number of para-hydroxylation sites is 1. The smallest absolute Gasteiger partial charge is 0.290 e. The molecule has 2 aromatic carbocycles. The van der Waals surface area contributed by atoms with E-state index in [0.29, 0.717) is 25.7 Å². The van der Waals surface area contributed by atoms with Gasteiger partial charge in [-0.1, -0.05) is 30.3 Å². The third-order valence-corrected chi connectivity index (χ3v) is 4.96. The fourth-order valence-electron chi connectivity index (χ4n) is 3.15. The van der Waals surface area contributed by atoms with E-state index >= 15 is 0 Å². The zero-order chi connectivity index (χ0) is 20.8. The van der Waals surface area contributed by atoms with Crippen LogP contribution in [-0.2, 0) is 11.3 Å². The van der Waals surface area contributed by atoms with Crippen molar-refractivity contribution in [2.75, 3.05) is 20.3 Å². The molecule has 0 bridgehead atoms. The first-order valence-electron chi connectivity index (χ1n) is 10.3. The van der Waals surface area contributed by atoms with Crippen LogP contribution in [0.2, 0.25) is 0 Å². The lowest BCUT2D eigenvalue weighted by molar-refractivity contribution is 0.0924. The number of carbonyl (C=O) groups excluding carboxylic acids is 1. The average molecular weight is 406 g/mol. The summed E-state index contributed by atoms with van der Waals surface area (Å²) in [6.45, 7) is 1.61. The number of nitrogens with one attached hydrogen (secondary N) is 1. The second-order valence-electron chi connectivity index (χ2n) is 7.33. The summed E-state index contributed by atoms with van der Waals surface area (Å²) < 4.78 is 12.6. The molecule has 1 N–H and O–H groups in total. The Morgan fingerprint density at radius 1 is 1.13 bits per heavy atom. The highest BCUT2D eigenvalue weighted by Crippen LogP contribution is 2.39. The van der Waals surface area contributed by atoms with Gasteiger partial charge in [-0.3, -0.25) is 4.79 Å².